The predicted molar refractivity (Wildman–Crippen MR) is 88.8 cm³/mol. The molecule has 0 saturated heterocycles. The summed E-state index contributed by atoms with van der Waals surface area (Å²) in [7, 11) is 0. The van der Waals surface area contributed by atoms with E-state index in [0.29, 0.717) is 12.1 Å². The zero-order valence-electron chi connectivity index (χ0n) is 14.2. The van der Waals surface area contributed by atoms with Crippen LogP contribution in [0.25, 0.3) is 0 Å². The van der Waals surface area contributed by atoms with Gasteiger partial charge in [-0.05, 0) is 38.3 Å². The molecule has 18 heavy (non-hydrogen) atoms. The minimum Gasteiger partial charge on any atom is -0.379 e. The zero-order valence-corrected chi connectivity index (χ0v) is 15.0. The van der Waals surface area contributed by atoms with Crippen LogP contribution in [0.15, 0.2) is 0 Å². The van der Waals surface area contributed by atoms with Gasteiger partial charge in [-0.1, -0.05) is 41.5 Å². The van der Waals surface area contributed by atoms with E-state index in [-0.39, 0.29) is 0 Å². The third-order valence-corrected chi connectivity index (χ3v) is 2.61. The molecule has 0 aromatic heterocycles. The summed E-state index contributed by atoms with van der Waals surface area (Å²) in [5, 5.41) is 4.02. The van der Waals surface area contributed by atoms with Crippen molar-refractivity contribution in [3.63, 3.8) is 0 Å². The van der Waals surface area contributed by atoms with Crippen molar-refractivity contribution in [1.82, 2.24) is 5.32 Å². The van der Waals surface area contributed by atoms with Gasteiger partial charge in [0.2, 0.25) is 0 Å². The first-order valence-electron chi connectivity index (χ1n) is 7.28. The summed E-state index contributed by atoms with van der Waals surface area (Å²) < 4.78 is 5.04. The lowest BCUT2D eigenvalue weighted by molar-refractivity contribution is 0.0899. The Balaban J connectivity index is -0.000000187. The molecule has 0 fully saturated rings. The lowest BCUT2D eigenvalue weighted by Gasteiger charge is -2.00. The van der Waals surface area contributed by atoms with Gasteiger partial charge in [-0.15, -0.1) is 0 Å². The fraction of sp³-hybridized carbons (Fsp3) is 1.00. The second kappa shape index (κ2) is 19.6. The summed E-state index contributed by atoms with van der Waals surface area (Å²) in [5.41, 5.74) is 0. The highest BCUT2D eigenvalue weighted by atomic mass is 32.2. The molecule has 0 aromatic rings. The SMILES string of the molecule is CCNC(C)C.CCOC(C)C.CCSC(C)C. The molecule has 0 radical (unpaired) electrons. The summed E-state index contributed by atoms with van der Waals surface area (Å²) in [6.45, 7) is 21.0. The number of ether oxygens (including phenoxy) is 1. The zero-order chi connectivity index (χ0) is 15.0. The van der Waals surface area contributed by atoms with E-state index in [4.69, 9.17) is 4.74 Å². The molecule has 0 heterocycles. The number of rotatable bonds is 6. The molecule has 0 aliphatic heterocycles. The highest BCUT2D eigenvalue weighted by molar-refractivity contribution is 7.99. The topological polar surface area (TPSA) is 21.3 Å². The third-order valence-electron chi connectivity index (χ3n) is 1.61. The first-order valence-corrected chi connectivity index (χ1v) is 8.33. The number of nitrogens with one attached hydrogen (secondary N) is 1. The smallest absolute Gasteiger partial charge is 0.0518 e. The maximum Gasteiger partial charge on any atom is 0.0518 e. The summed E-state index contributed by atoms with van der Waals surface area (Å²) in [6, 6.07) is 0.648. The van der Waals surface area contributed by atoms with Crippen LogP contribution in [0.4, 0.5) is 0 Å². The van der Waals surface area contributed by atoms with Crippen molar-refractivity contribution in [2.45, 2.75) is 79.7 Å². The van der Waals surface area contributed by atoms with Gasteiger partial charge in [-0.2, -0.15) is 11.8 Å². The number of hydrogen-bond donors (Lipinski definition) is 1. The minimum atomic E-state index is 0.398. The average Bonchev–Trinajstić information content (AvgIpc) is 2.18. The second-order valence-electron chi connectivity index (χ2n) is 4.72. The van der Waals surface area contributed by atoms with Crippen LogP contribution in [0.3, 0.4) is 0 Å². The average molecular weight is 280 g/mol. The van der Waals surface area contributed by atoms with Crippen LogP contribution in [0.1, 0.15) is 62.3 Å². The van der Waals surface area contributed by atoms with Gasteiger partial charge in [-0.25, -0.2) is 0 Å². The van der Waals surface area contributed by atoms with E-state index in [1.807, 2.05) is 32.5 Å². The second-order valence-corrected chi connectivity index (χ2v) is 6.57. The van der Waals surface area contributed by atoms with Crippen molar-refractivity contribution >= 4 is 11.8 Å². The minimum absolute atomic E-state index is 0.398. The molecule has 2 nitrogen and oxygen atoms in total. The molecular formula is C15H37NOS. The maximum atomic E-state index is 5.04. The molecule has 3 heteroatoms. The van der Waals surface area contributed by atoms with E-state index >= 15 is 0 Å². The van der Waals surface area contributed by atoms with Crippen LogP contribution in [-0.2, 0) is 4.74 Å². The van der Waals surface area contributed by atoms with Crippen LogP contribution in [-0.4, -0.2) is 36.3 Å². The lowest BCUT2D eigenvalue weighted by atomic mass is 10.4. The molecule has 0 aliphatic rings. The molecular weight excluding hydrogens is 242 g/mol. The normalized spacial score (nSPS) is 10.0. The molecule has 0 spiro atoms. The third kappa shape index (κ3) is 44.1. The van der Waals surface area contributed by atoms with Gasteiger partial charge in [0.15, 0.2) is 0 Å². The van der Waals surface area contributed by atoms with Crippen molar-refractivity contribution in [2.75, 3.05) is 18.9 Å². The van der Waals surface area contributed by atoms with Gasteiger partial charge in [0.05, 0.1) is 6.10 Å². The van der Waals surface area contributed by atoms with Gasteiger partial charge in [0, 0.05) is 12.6 Å². The Labute approximate surface area is 121 Å². The number of hydrogen-bond acceptors (Lipinski definition) is 3. The van der Waals surface area contributed by atoms with E-state index in [0.717, 1.165) is 18.4 Å². The van der Waals surface area contributed by atoms with Gasteiger partial charge in [-0.3, -0.25) is 0 Å². The summed E-state index contributed by atoms with van der Waals surface area (Å²) in [4.78, 5) is 0. The van der Waals surface area contributed by atoms with Crippen LogP contribution in [0.2, 0.25) is 0 Å². The van der Waals surface area contributed by atoms with Crippen LogP contribution in [0.5, 0.6) is 0 Å². The summed E-state index contributed by atoms with van der Waals surface area (Å²) >= 11 is 1.99. The highest BCUT2D eigenvalue weighted by Gasteiger charge is 1.85. The summed E-state index contributed by atoms with van der Waals surface area (Å²) in [5.74, 6) is 1.25. The first-order chi connectivity index (χ1) is 8.31. The molecule has 0 rings (SSSR count). The molecule has 114 valence electrons. The summed E-state index contributed by atoms with van der Waals surface area (Å²) in [6.07, 6.45) is 0.398. The van der Waals surface area contributed by atoms with Crippen molar-refractivity contribution in [3.05, 3.63) is 0 Å². The Bertz CT molecular complexity index is 104. The molecule has 0 unspecified atom stereocenters. The first kappa shape index (κ1) is 23.4. The van der Waals surface area contributed by atoms with E-state index in [1.165, 1.54) is 5.75 Å². The van der Waals surface area contributed by atoms with Crippen LogP contribution < -0.4 is 5.32 Å². The molecule has 0 saturated carbocycles. The number of thioether (sulfide) groups is 1. The van der Waals surface area contributed by atoms with E-state index < -0.39 is 0 Å². The van der Waals surface area contributed by atoms with Gasteiger partial charge in [0.1, 0.15) is 0 Å². The molecule has 0 amide bonds. The van der Waals surface area contributed by atoms with Crippen LogP contribution >= 0.6 is 11.8 Å². The standard InChI is InChI=1S/C5H13N.C5H12O.C5H12S/c3*1-4-6-5(2)3/h5-6H,4H2,1-3H3;2*5H,4H2,1-3H3. The Morgan fingerprint density at radius 1 is 0.944 bits per heavy atom. The quantitative estimate of drug-likeness (QED) is 0.769. The molecule has 1 N–H and O–H groups in total. The lowest BCUT2D eigenvalue weighted by Crippen LogP contribution is -2.21. The Kier molecular flexibility index (Phi) is 25.5. The fourth-order valence-electron chi connectivity index (χ4n) is 1.07. The highest BCUT2D eigenvalue weighted by Crippen LogP contribution is 2.05. The Morgan fingerprint density at radius 2 is 1.44 bits per heavy atom. The van der Waals surface area contributed by atoms with Crippen LogP contribution in [0, 0.1) is 0 Å². The van der Waals surface area contributed by atoms with E-state index in [1.54, 1.807) is 0 Å². The molecule has 0 aliphatic carbocycles. The Morgan fingerprint density at radius 3 is 1.44 bits per heavy atom. The molecule has 0 atom stereocenters. The predicted octanol–water partition coefficient (Wildman–Crippen LogP) is 4.58. The van der Waals surface area contributed by atoms with Gasteiger partial charge < -0.3 is 10.1 Å². The maximum absolute atomic E-state index is 5.04. The van der Waals surface area contributed by atoms with E-state index in [2.05, 4.69) is 46.9 Å². The fourth-order valence-corrected chi connectivity index (χ4v) is 1.74. The Hall–Kier alpha value is 0.270. The monoisotopic (exact) mass is 279 g/mol. The van der Waals surface area contributed by atoms with E-state index in [9.17, 15) is 0 Å². The van der Waals surface area contributed by atoms with Gasteiger partial charge >= 0.3 is 0 Å². The van der Waals surface area contributed by atoms with Crippen molar-refractivity contribution in [3.8, 4) is 0 Å². The molecule has 0 bridgehead atoms. The van der Waals surface area contributed by atoms with Crippen molar-refractivity contribution in [1.29, 1.82) is 0 Å². The molecule has 0 aromatic carbocycles. The largest absolute Gasteiger partial charge is 0.379 e. The van der Waals surface area contributed by atoms with Crippen molar-refractivity contribution < 1.29 is 4.74 Å². The van der Waals surface area contributed by atoms with Gasteiger partial charge in [0.25, 0.3) is 0 Å². The van der Waals surface area contributed by atoms with Crippen molar-refractivity contribution in [2.24, 2.45) is 0 Å².